The highest BCUT2D eigenvalue weighted by Gasteiger charge is 2.21. The van der Waals surface area contributed by atoms with Crippen LogP contribution in [0.3, 0.4) is 0 Å². The zero-order chi connectivity index (χ0) is 42.1. The summed E-state index contributed by atoms with van der Waals surface area (Å²) >= 11 is 0. The lowest BCUT2D eigenvalue weighted by Gasteiger charge is -2.21. The Bertz CT molecular complexity index is 1710. The minimum absolute atomic E-state index is 0.429. The molecule has 0 bridgehead atoms. The van der Waals surface area contributed by atoms with Crippen molar-refractivity contribution >= 4 is 32.3 Å². The van der Waals surface area contributed by atoms with Gasteiger partial charge in [-0.2, -0.15) is 0 Å². The minimum atomic E-state index is 0.429. The highest BCUT2D eigenvalue weighted by molar-refractivity contribution is 6.26. The summed E-state index contributed by atoms with van der Waals surface area (Å²) in [5.41, 5.74) is 0. The first-order chi connectivity index (χ1) is 29.0. The third-order valence-corrected chi connectivity index (χ3v) is 11.6. The molecule has 0 radical (unpaired) electrons. The zero-order valence-electron chi connectivity index (χ0n) is 38.6. The Labute approximate surface area is 359 Å². The lowest BCUT2D eigenvalue weighted by atomic mass is 9.93. The van der Waals surface area contributed by atoms with Gasteiger partial charge in [0.05, 0.1) is 39.6 Å². The maximum absolute atomic E-state index is 6.65. The average molecular weight is 815 g/mol. The van der Waals surface area contributed by atoms with Gasteiger partial charge in [-0.05, 0) is 107 Å². The first-order valence-electron chi connectivity index (χ1n) is 24.3. The van der Waals surface area contributed by atoms with Crippen LogP contribution < -0.4 is 28.4 Å². The molecule has 0 N–H and O–H groups in total. The van der Waals surface area contributed by atoms with Crippen LogP contribution >= 0.6 is 0 Å². The van der Waals surface area contributed by atoms with Gasteiger partial charge in [0.1, 0.15) is 0 Å². The van der Waals surface area contributed by atoms with E-state index >= 15 is 0 Å². The summed E-state index contributed by atoms with van der Waals surface area (Å²) in [4.78, 5) is 0. The van der Waals surface area contributed by atoms with Crippen LogP contribution in [0, 0.1) is 5.92 Å². The molecule has 0 aliphatic carbocycles. The number of benzene rings is 4. The lowest BCUT2D eigenvalue weighted by molar-refractivity contribution is 0.233. The van der Waals surface area contributed by atoms with Crippen LogP contribution in [0.4, 0.5) is 0 Å². The van der Waals surface area contributed by atoms with E-state index in [1.807, 2.05) is 0 Å². The molecule has 4 rings (SSSR count). The SMILES string of the molecule is CCCCCCOc1cc2c3cc(OCCCCCC)c(OCCCCCC)cc3c3cc(OC[C@@H](C)CC)c(OCCCCCC)cc3c2cc1OCCCCCC. The molecule has 4 aromatic rings. The number of hydrogen-bond donors (Lipinski definition) is 0. The zero-order valence-corrected chi connectivity index (χ0v) is 38.6. The van der Waals surface area contributed by atoms with Crippen molar-refractivity contribution in [2.45, 2.75) is 183 Å². The molecule has 4 aromatic carbocycles. The first-order valence-corrected chi connectivity index (χ1v) is 24.3. The van der Waals surface area contributed by atoms with Crippen molar-refractivity contribution in [2.24, 2.45) is 5.92 Å². The largest absolute Gasteiger partial charge is 0.490 e. The minimum Gasteiger partial charge on any atom is -0.490 e. The number of unbranched alkanes of at least 4 members (excludes halogenated alkanes) is 15. The summed E-state index contributed by atoms with van der Waals surface area (Å²) in [7, 11) is 0. The molecule has 0 aliphatic heterocycles. The molecule has 330 valence electrons. The van der Waals surface area contributed by atoms with Crippen LogP contribution in [0.2, 0.25) is 0 Å². The topological polar surface area (TPSA) is 55.4 Å². The first kappa shape index (κ1) is 48.1. The molecule has 0 aromatic heterocycles. The number of ether oxygens (including phenoxy) is 6. The summed E-state index contributed by atoms with van der Waals surface area (Å²) < 4.78 is 39.8. The highest BCUT2D eigenvalue weighted by atomic mass is 16.5. The van der Waals surface area contributed by atoms with Gasteiger partial charge < -0.3 is 28.4 Å². The molecule has 59 heavy (non-hydrogen) atoms. The maximum atomic E-state index is 6.65. The fourth-order valence-electron chi connectivity index (χ4n) is 7.60. The molecule has 1 atom stereocenters. The Morgan fingerprint density at radius 2 is 0.525 bits per heavy atom. The number of fused-ring (bicyclic) bond motifs is 6. The smallest absolute Gasteiger partial charge is 0.161 e. The predicted molar refractivity (Wildman–Crippen MR) is 252 cm³/mol. The molecular formula is C53H82O6. The Kier molecular flexibility index (Phi) is 22.9. The second-order valence-corrected chi connectivity index (χ2v) is 16.9. The summed E-state index contributed by atoms with van der Waals surface area (Å²) in [6, 6.07) is 13.4. The van der Waals surface area contributed by atoms with Gasteiger partial charge in [-0.25, -0.2) is 0 Å². The van der Waals surface area contributed by atoms with Crippen LogP contribution in [0.25, 0.3) is 32.3 Å². The van der Waals surface area contributed by atoms with Gasteiger partial charge in [-0.1, -0.05) is 151 Å². The van der Waals surface area contributed by atoms with E-state index < -0.39 is 0 Å². The Morgan fingerprint density at radius 3 is 0.729 bits per heavy atom. The van der Waals surface area contributed by atoms with Crippen LogP contribution in [-0.2, 0) is 0 Å². The monoisotopic (exact) mass is 815 g/mol. The van der Waals surface area contributed by atoms with Crippen LogP contribution in [0.5, 0.6) is 34.5 Å². The van der Waals surface area contributed by atoms with Gasteiger partial charge in [-0.3, -0.25) is 0 Å². The van der Waals surface area contributed by atoms with Gasteiger partial charge in [0.25, 0.3) is 0 Å². The molecule has 0 fully saturated rings. The van der Waals surface area contributed by atoms with E-state index in [9.17, 15) is 0 Å². The van der Waals surface area contributed by atoms with Crippen molar-refractivity contribution < 1.29 is 28.4 Å². The Balaban J connectivity index is 1.97. The second-order valence-electron chi connectivity index (χ2n) is 16.9. The molecule has 0 aliphatic rings. The van der Waals surface area contributed by atoms with Crippen molar-refractivity contribution in [3.05, 3.63) is 36.4 Å². The van der Waals surface area contributed by atoms with Gasteiger partial charge >= 0.3 is 0 Å². The summed E-state index contributed by atoms with van der Waals surface area (Å²) in [5, 5.41) is 6.67. The van der Waals surface area contributed by atoms with E-state index in [1.165, 1.54) is 64.2 Å². The Hall–Kier alpha value is -3.54. The second kappa shape index (κ2) is 28.1. The third kappa shape index (κ3) is 15.5. The van der Waals surface area contributed by atoms with E-state index in [4.69, 9.17) is 28.4 Å². The normalized spacial score (nSPS) is 12.1. The summed E-state index contributed by atoms with van der Waals surface area (Å²) in [6.07, 6.45) is 24.0. The standard InChI is InChI=1S/C53H82O6/c1-8-14-19-24-29-54-48-34-42-43-35-49(55-30-25-20-15-9-2)51(57-32-27-22-17-11-4)37-45(43)47-39-53(59-40-41(7)13-6)52(58-33-28-23-18-12-5)38-46(47)44(42)36-50(48)56-31-26-21-16-10-3/h34-39,41H,8-33,40H2,1-7H3/t41-/m0/s1. The van der Waals surface area contributed by atoms with Gasteiger partial charge in [0.2, 0.25) is 0 Å². The number of hydrogen-bond acceptors (Lipinski definition) is 6. The molecule has 6 heteroatoms. The van der Waals surface area contributed by atoms with Crippen LogP contribution in [0.1, 0.15) is 183 Å². The van der Waals surface area contributed by atoms with E-state index in [1.54, 1.807) is 0 Å². The average Bonchev–Trinajstić information content (AvgIpc) is 3.25. The highest BCUT2D eigenvalue weighted by Crippen LogP contribution is 2.47. The van der Waals surface area contributed by atoms with Gasteiger partial charge in [-0.15, -0.1) is 0 Å². The third-order valence-electron chi connectivity index (χ3n) is 11.6. The summed E-state index contributed by atoms with van der Waals surface area (Å²) in [5.74, 6) is 5.26. The van der Waals surface area contributed by atoms with Crippen LogP contribution in [0.15, 0.2) is 36.4 Å². The van der Waals surface area contributed by atoms with Crippen LogP contribution in [-0.4, -0.2) is 39.6 Å². The molecular weight excluding hydrogens is 733 g/mol. The maximum Gasteiger partial charge on any atom is 0.161 e. The van der Waals surface area contributed by atoms with E-state index in [-0.39, 0.29) is 0 Å². The molecule has 0 spiro atoms. The molecule has 0 amide bonds. The van der Waals surface area contributed by atoms with Gasteiger partial charge in [0, 0.05) is 0 Å². The van der Waals surface area contributed by atoms with E-state index in [0.29, 0.717) is 45.6 Å². The predicted octanol–water partition coefficient (Wildman–Crippen LogP) is 16.4. The fourth-order valence-corrected chi connectivity index (χ4v) is 7.60. The lowest BCUT2D eigenvalue weighted by Crippen LogP contribution is -2.09. The molecule has 0 heterocycles. The molecule has 0 saturated heterocycles. The Morgan fingerprint density at radius 1 is 0.305 bits per heavy atom. The van der Waals surface area contributed by atoms with Crippen molar-refractivity contribution in [3.8, 4) is 34.5 Å². The van der Waals surface area contributed by atoms with E-state index in [2.05, 4.69) is 84.9 Å². The van der Waals surface area contributed by atoms with Crippen molar-refractivity contribution in [3.63, 3.8) is 0 Å². The number of rotatable bonds is 34. The van der Waals surface area contributed by atoms with E-state index in [0.717, 1.165) is 137 Å². The van der Waals surface area contributed by atoms with Crippen molar-refractivity contribution in [1.29, 1.82) is 0 Å². The van der Waals surface area contributed by atoms with Crippen molar-refractivity contribution in [1.82, 2.24) is 0 Å². The van der Waals surface area contributed by atoms with Crippen molar-refractivity contribution in [2.75, 3.05) is 39.6 Å². The molecule has 0 unspecified atom stereocenters. The fraction of sp³-hybridized carbons (Fsp3) is 0.660. The van der Waals surface area contributed by atoms with Gasteiger partial charge in [0.15, 0.2) is 34.5 Å². The molecule has 6 nitrogen and oxygen atoms in total. The summed E-state index contributed by atoms with van der Waals surface area (Å²) in [6.45, 7) is 19.7. The quantitative estimate of drug-likeness (QED) is 0.0346. The molecule has 0 saturated carbocycles.